The van der Waals surface area contributed by atoms with Crippen LogP contribution in [0.1, 0.15) is 125 Å². The van der Waals surface area contributed by atoms with Crippen LogP contribution in [0.25, 0.3) is 0 Å². The molecule has 0 heterocycles. The largest absolute Gasteiger partial charge is 0.107 e. The molecule has 0 saturated heterocycles. The highest BCUT2D eigenvalue weighted by Crippen LogP contribution is 2.26. The molecule has 0 saturated carbocycles. The van der Waals surface area contributed by atoms with Gasteiger partial charge < -0.3 is 0 Å². The van der Waals surface area contributed by atoms with Crippen molar-refractivity contribution in [1.29, 1.82) is 0 Å². The molecule has 0 aromatic rings. The fourth-order valence-corrected chi connectivity index (χ4v) is 0.759. The first kappa shape index (κ1) is 52.6. The zero-order valence-electron chi connectivity index (χ0n) is 29.7. The predicted molar refractivity (Wildman–Crippen MR) is 204 cm³/mol. The summed E-state index contributed by atoms with van der Waals surface area (Å²) in [5.74, 6) is 0. The van der Waals surface area contributed by atoms with Gasteiger partial charge in [-0.25, -0.2) is 0 Å². The van der Waals surface area contributed by atoms with Gasteiger partial charge in [-0.2, -0.15) is 0 Å². The quantitative estimate of drug-likeness (QED) is 0.488. The summed E-state index contributed by atoms with van der Waals surface area (Å²) < 4.78 is 0. The molecule has 0 aromatic heterocycles. The third-order valence-electron chi connectivity index (χ3n) is 3.56. The Bertz CT molecular complexity index is 474. The molecule has 0 spiro atoms. The van der Waals surface area contributed by atoms with E-state index in [0.29, 0.717) is 10.8 Å². The second kappa shape index (κ2) is 23.4. The summed E-state index contributed by atoms with van der Waals surface area (Å²) in [5.41, 5.74) is 1.00. The summed E-state index contributed by atoms with van der Waals surface area (Å²) in [4.78, 5) is 0. The molecule has 0 aliphatic rings. The Hall–Kier alpha value is 0.974. The average Bonchev–Trinajstić information content (AvgIpc) is 2.62. The first-order valence-electron chi connectivity index (χ1n) is 13.7. The van der Waals surface area contributed by atoms with Gasteiger partial charge in [0.05, 0.1) is 29.4 Å². The van der Waals surface area contributed by atoms with E-state index in [4.69, 9.17) is 69.9 Å². The maximum Gasteiger partial charge on any atom is 0.0735 e. The van der Waals surface area contributed by atoms with E-state index >= 15 is 0 Å². The zero-order valence-corrected chi connectivity index (χ0v) is 29.7. The molecular weight excluding hydrogens is 450 g/mol. The van der Waals surface area contributed by atoms with E-state index < -0.39 is 6.49 Å². The Labute approximate surface area is 266 Å². The Morgan fingerprint density at radius 1 is 0.462 bits per heavy atom. The molecule has 0 bridgehead atoms. The standard InChI is InChI=1S/2C5H12.C4H9B4.C4H9B.C3H6B7.C3H6B3/c2*1-5(2,3)4;1-4(2,3)8(6)7-5;1-4(2,3)5;1-3(2,9(5)6)10(7)8-4;1-3(2,4)6-5/h2*1-4H3;1-3H3;1-3H3;1-2H3;1-2H3. The predicted octanol–water partition coefficient (Wildman–Crippen LogP) is 4.38. The van der Waals surface area contributed by atoms with Crippen LogP contribution in [0.5, 0.6) is 0 Å². The van der Waals surface area contributed by atoms with Gasteiger partial charge in [-0.05, 0) is 10.8 Å². The molecule has 0 rings (SSSR count). The molecule has 0 atom stereocenters. The molecule has 0 unspecified atom stereocenters. The van der Waals surface area contributed by atoms with Crippen LogP contribution in [0.4, 0.5) is 0 Å². The molecule has 0 nitrogen and oxygen atoms in total. The molecule has 0 N–H and O–H groups in total. The van der Waals surface area contributed by atoms with Crippen molar-refractivity contribution in [3.63, 3.8) is 0 Å². The molecule has 0 amide bonds. The van der Waals surface area contributed by atoms with E-state index in [2.05, 4.69) is 76.2 Å². The third-order valence-corrected chi connectivity index (χ3v) is 3.56. The first-order valence-corrected chi connectivity index (χ1v) is 13.7. The van der Waals surface area contributed by atoms with Crippen molar-refractivity contribution >= 4 is 111 Å². The lowest BCUT2D eigenvalue weighted by molar-refractivity contribution is 0.469. The number of rotatable bonds is 5. The van der Waals surface area contributed by atoms with Crippen LogP contribution < -0.4 is 0 Å². The maximum absolute atomic E-state index is 5.61. The summed E-state index contributed by atoms with van der Waals surface area (Å²) in [5, 5.41) is -0.538. The number of hydrogen-bond acceptors (Lipinski definition) is 0. The molecule has 15 heteroatoms. The summed E-state index contributed by atoms with van der Waals surface area (Å²) in [7, 11) is 52.7. The average molecular weight is 505 g/mol. The molecule has 0 aliphatic heterocycles. The minimum absolute atomic E-state index is 0. The van der Waals surface area contributed by atoms with Gasteiger partial charge in [0, 0.05) is 81.3 Å². The number of hydrogen-bond donors (Lipinski definition) is 0. The fourth-order valence-electron chi connectivity index (χ4n) is 0.759. The molecule has 39 heavy (non-hydrogen) atoms. The van der Waals surface area contributed by atoms with Gasteiger partial charge in [-0.15, -0.1) is 10.4 Å². The summed E-state index contributed by atoms with van der Waals surface area (Å²) in [6.07, 6.45) is 0. The highest BCUT2D eigenvalue weighted by molar-refractivity contribution is 7.52. The van der Waals surface area contributed by atoms with E-state index in [0.717, 1.165) is 0 Å². The fraction of sp³-hybridized carbons (Fsp3) is 1.00. The van der Waals surface area contributed by atoms with Crippen LogP contribution in [-0.4, -0.2) is 111 Å². The van der Waals surface area contributed by atoms with Crippen molar-refractivity contribution in [1.82, 2.24) is 0 Å². The van der Waals surface area contributed by atoms with Gasteiger partial charge >= 0.3 is 0 Å². The maximum atomic E-state index is 5.61. The van der Waals surface area contributed by atoms with Crippen molar-refractivity contribution in [2.24, 2.45) is 10.8 Å². The van der Waals surface area contributed by atoms with Crippen LogP contribution >= 0.6 is 0 Å². The molecule has 0 aromatic carbocycles. The molecular formula is C24H54B15. The van der Waals surface area contributed by atoms with Gasteiger partial charge in [-0.3, -0.25) is 0 Å². The second-order valence-corrected chi connectivity index (χ2v) is 16.5. The van der Waals surface area contributed by atoms with E-state index in [1.807, 2.05) is 48.5 Å². The summed E-state index contributed by atoms with van der Waals surface area (Å²) in [6, 6.07) is 0. The van der Waals surface area contributed by atoms with E-state index in [9.17, 15) is 0 Å². The highest BCUT2D eigenvalue weighted by Gasteiger charge is 2.29. The van der Waals surface area contributed by atoms with Crippen molar-refractivity contribution in [2.45, 2.75) is 146 Å². The van der Waals surface area contributed by atoms with E-state index in [1.165, 1.54) is 21.3 Å². The topological polar surface area (TPSA) is 0 Å². The second-order valence-electron chi connectivity index (χ2n) is 16.5. The normalized spacial score (nSPS) is 11.2. The Balaban J connectivity index is -0.0000000859. The minimum Gasteiger partial charge on any atom is -0.107 e. The smallest absolute Gasteiger partial charge is 0.0735 e. The SMILES string of the molecule is CC(C)(C)C.CC(C)(C)C.[B]C(C)(C)C.[B][B]B([B])C(C)(C)B([B])[B].[B][B]B([B])C(C)(C)C.[B][B]C([B])(C)C. The van der Waals surface area contributed by atoms with Crippen LogP contribution in [-0.2, 0) is 0 Å². The lowest BCUT2D eigenvalue weighted by Crippen LogP contribution is -2.46. The van der Waals surface area contributed by atoms with Crippen molar-refractivity contribution < 1.29 is 0 Å². The van der Waals surface area contributed by atoms with Crippen molar-refractivity contribution in [3.8, 4) is 0 Å². The molecule has 21 radical (unpaired) electrons. The third kappa shape index (κ3) is 79.0. The van der Waals surface area contributed by atoms with Crippen molar-refractivity contribution in [3.05, 3.63) is 0 Å². The summed E-state index contributed by atoms with van der Waals surface area (Å²) >= 11 is 0. The van der Waals surface area contributed by atoms with Crippen LogP contribution in [0.3, 0.4) is 0 Å². The van der Waals surface area contributed by atoms with Crippen molar-refractivity contribution in [2.75, 3.05) is 0 Å². The first-order chi connectivity index (χ1) is 16.5. The molecule has 0 aliphatic carbocycles. The highest BCUT2D eigenvalue weighted by atomic mass is 14.0. The van der Waals surface area contributed by atoms with Crippen LogP contribution in [0, 0.1) is 10.8 Å². The van der Waals surface area contributed by atoms with Crippen LogP contribution in [0.2, 0.25) is 21.1 Å². The molecule has 195 valence electrons. The van der Waals surface area contributed by atoms with Gasteiger partial charge in [0.1, 0.15) is 0 Å². The van der Waals surface area contributed by atoms with Gasteiger partial charge in [0.2, 0.25) is 0 Å². The Morgan fingerprint density at radius 3 is 0.667 bits per heavy atom. The van der Waals surface area contributed by atoms with Gasteiger partial charge in [0.25, 0.3) is 0 Å². The van der Waals surface area contributed by atoms with Gasteiger partial charge in [0.15, 0.2) is 0 Å². The lowest BCUT2D eigenvalue weighted by Gasteiger charge is -2.34. The van der Waals surface area contributed by atoms with E-state index in [-0.39, 0.29) is 34.0 Å². The monoisotopic (exact) mass is 508 g/mol. The summed E-state index contributed by atoms with van der Waals surface area (Å²) in [6.45, 7) is 36.3. The lowest BCUT2D eigenvalue weighted by atomic mass is 8.88. The Kier molecular flexibility index (Phi) is 31.6. The molecule has 0 fully saturated rings. The van der Waals surface area contributed by atoms with Gasteiger partial charge in [-0.1, -0.05) is 135 Å². The minimum atomic E-state index is -0.442. The van der Waals surface area contributed by atoms with E-state index in [1.54, 1.807) is 0 Å². The zero-order chi connectivity index (χ0) is 33.9. The Morgan fingerprint density at radius 2 is 0.641 bits per heavy atom. The van der Waals surface area contributed by atoms with Crippen LogP contribution in [0.15, 0.2) is 0 Å².